The third-order valence-corrected chi connectivity index (χ3v) is 3.06. The second-order valence-electron chi connectivity index (χ2n) is 4.92. The van der Waals surface area contributed by atoms with Crippen LogP contribution in [0.2, 0.25) is 0 Å². The molecule has 0 bridgehead atoms. The Kier molecular flexibility index (Phi) is 8.21. The van der Waals surface area contributed by atoms with Crippen LogP contribution in [0, 0.1) is 19.4 Å². The second kappa shape index (κ2) is 9.64. The third kappa shape index (κ3) is 4.76. The van der Waals surface area contributed by atoms with Gasteiger partial charge in [0, 0.05) is 18.4 Å². The Labute approximate surface area is 164 Å². The van der Waals surface area contributed by atoms with Gasteiger partial charge in [-0.05, 0) is 0 Å². The Balaban J connectivity index is 0.000000615. The van der Waals surface area contributed by atoms with Gasteiger partial charge in [0.05, 0.1) is 0 Å². The smallest absolute Gasteiger partial charge is 0.335 e. The first kappa shape index (κ1) is 19.6. The number of nitrogens with zero attached hydrogens (tertiary/aromatic N) is 3. The van der Waals surface area contributed by atoms with E-state index >= 15 is 0 Å². The van der Waals surface area contributed by atoms with E-state index in [0.717, 1.165) is 28.1 Å². The zero-order valence-corrected chi connectivity index (χ0v) is 16.7. The molecule has 0 aliphatic heterocycles. The Bertz CT molecular complexity index is 720. The maximum absolute atomic E-state index is 4.28. The topological polar surface area (TPSA) is 30.7 Å². The van der Waals surface area contributed by atoms with Gasteiger partial charge in [-0.3, -0.25) is 4.68 Å². The molecule has 3 rings (SSSR count). The van der Waals surface area contributed by atoms with Gasteiger partial charge in [0.25, 0.3) is 0 Å². The summed E-state index contributed by atoms with van der Waals surface area (Å²) < 4.78 is 1.77. The quantitative estimate of drug-likeness (QED) is 0.620. The number of hydrogen-bond acceptors (Lipinski definition) is 2. The molecule has 0 atom stereocenters. The van der Waals surface area contributed by atoms with E-state index in [4.69, 9.17) is 0 Å². The molecule has 0 saturated heterocycles. The van der Waals surface area contributed by atoms with Gasteiger partial charge in [0.15, 0.2) is 0 Å². The molecule has 0 saturated carbocycles. The van der Waals surface area contributed by atoms with Crippen molar-refractivity contribution in [3.63, 3.8) is 0 Å². The standard InChI is InChI=1S/C16H13N3.C3H7.Y/c1-12-8-6-7-11-14(12)15-16(19(2)18-17-15)13-9-4-3-5-10-13;1-3-2;/h3-9,11H,1H2,2H3;3H,1-2H3;/q-2;-1;+3. The molecule has 3 nitrogen and oxygen atoms in total. The van der Waals surface area contributed by atoms with Gasteiger partial charge in [-0.1, -0.05) is 11.3 Å². The summed E-state index contributed by atoms with van der Waals surface area (Å²) in [6, 6.07) is 19.0. The van der Waals surface area contributed by atoms with Gasteiger partial charge >= 0.3 is 32.7 Å². The number of rotatable bonds is 2. The molecule has 0 fully saturated rings. The van der Waals surface area contributed by atoms with Crippen molar-refractivity contribution in [3.8, 4) is 22.5 Å². The van der Waals surface area contributed by atoms with E-state index in [1.807, 2.05) is 75.8 Å². The van der Waals surface area contributed by atoms with Gasteiger partial charge in [0.2, 0.25) is 0 Å². The minimum Gasteiger partial charge on any atom is -0.335 e. The van der Waals surface area contributed by atoms with Crippen molar-refractivity contribution >= 4 is 0 Å². The first-order chi connectivity index (χ1) is 10.7. The fourth-order valence-electron chi connectivity index (χ4n) is 2.13. The Morgan fingerprint density at radius 3 is 2.35 bits per heavy atom. The Morgan fingerprint density at radius 2 is 1.74 bits per heavy atom. The predicted molar refractivity (Wildman–Crippen MR) is 90.8 cm³/mol. The van der Waals surface area contributed by atoms with Gasteiger partial charge in [-0.15, -0.1) is 53.6 Å². The molecule has 3 aromatic rings. The van der Waals surface area contributed by atoms with Crippen LogP contribution < -0.4 is 0 Å². The van der Waals surface area contributed by atoms with Crippen LogP contribution in [0.3, 0.4) is 0 Å². The summed E-state index contributed by atoms with van der Waals surface area (Å²) in [5, 5.41) is 8.41. The van der Waals surface area contributed by atoms with Crippen LogP contribution >= 0.6 is 0 Å². The van der Waals surface area contributed by atoms with Crippen LogP contribution in [0.4, 0.5) is 0 Å². The zero-order valence-electron chi connectivity index (χ0n) is 13.8. The monoisotopic (exact) mass is 379 g/mol. The maximum atomic E-state index is 4.28. The number of aromatic nitrogens is 3. The molecular weight excluding hydrogens is 359 g/mol. The van der Waals surface area contributed by atoms with E-state index in [-0.39, 0.29) is 32.7 Å². The van der Waals surface area contributed by atoms with Crippen molar-refractivity contribution in [2.75, 3.05) is 0 Å². The van der Waals surface area contributed by atoms with Gasteiger partial charge < -0.3 is 6.42 Å². The van der Waals surface area contributed by atoms with Crippen molar-refractivity contribution in [3.05, 3.63) is 73.5 Å². The van der Waals surface area contributed by atoms with E-state index in [1.54, 1.807) is 4.68 Å². The van der Waals surface area contributed by atoms with Crippen molar-refractivity contribution in [2.24, 2.45) is 7.05 Å². The third-order valence-electron chi connectivity index (χ3n) is 3.06. The molecular formula is C19H20N3Y. The SMILES string of the molecule is C[CH-]C.[CH2-]c1ccccc1-c1nnn(C)c1-c1[c-]cccc1.[Y+3]. The van der Waals surface area contributed by atoms with Gasteiger partial charge in [-0.2, -0.15) is 37.5 Å². The molecule has 0 spiro atoms. The number of benzene rings is 2. The summed E-state index contributed by atoms with van der Waals surface area (Å²) in [4.78, 5) is 0. The van der Waals surface area contributed by atoms with Crippen molar-refractivity contribution in [2.45, 2.75) is 13.8 Å². The predicted octanol–water partition coefficient (Wildman–Crippen LogP) is 4.36. The summed E-state index contributed by atoms with van der Waals surface area (Å²) in [7, 11) is 1.89. The molecule has 1 heterocycles. The maximum Gasteiger partial charge on any atom is 3.00 e. The molecule has 4 heteroatoms. The minimum atomic E-state index is 0. The molecule has 23 heavy (non-hydrogen) atoms. The van der Waals surface area contributed by atoms with Crippen LogP contribution in [-0.2, 0) is 39.8 Å². The van der Waals surface area contributed by atoms with E-state index in [1.165, 1.54) is 0 Å². The van der Waals surface area contributed by atoms with Gasteiger partial charge in [-0.25, -0.2) is 0 Å². The zero-order chi connectivity index (χ0) is 15.9. The van der Waals surface area contributed by atoms with Crippen LogP contribution in [-0.4, -0.2) is 15.0 Å². The minimum absolute atomic E-state index is 0. The number of hydrogen-bond donors (Lipinski definition) is 0. The molecule has 0 radical (unpaired) electrons. The van der Waals surface area contributed by atoms with Crippen molar-refractivity contribution in [1.82, 2.24) is 15.0 Å². The summed E-state index contributed by atoms with van der Waals surface area (Å²) in [5.41, 5.74) is 4.73. The van der Waals surface area contributed by atoms with E-state index < -0.39 is 0 Å². The Morgan fingerprint density at radius 1 is 1.09 bits per heavy atom. The largest absolute Gasteiger partial charge is 3.00 e. The molecule has 0 aliphatic carbocycles. The summed E-state index contributed by atoms with van der Waals surface area (Å²) in [6.45, 7) is 8.05. The fraction of sp³-hybridized carbons (Fsp3) is 0.158. The van der Waals surface area contributed by atoms with E-state index in [9.17, 15) is 0 Å². The molecule has 0 aliphatic rings. The molecule has 2 aromatic carbocycles. The molecule has 0 amide bonds. The van der Waals surface area contributed by atoms with E-state index in [0.29, 0.717) is 0 Å². The van der Waals surface area contributed by atoms with Crippen LogP contribution in [0.5, 0.6) is 0 Å². The van der Waals surface area contributed by atoms with Crippen LogP contribution in [0.1, 0.15) is 19.4 Å². The second-order valence-corrected chi connectivity index (χ2v) is 4.92. The van der Waals surface area contributed by atoms with Crippen LogP contribution in [0.25, 0.3) is 22.5 Å². The summed E-state index contributed by atoms with van der Waals surface area (Å²) >= 11 is 0. The van der Waals surface area contributed by atoms with E-state index in [2.05, 4.69) is 23.3 Å². The first-order valence-electron chi connectivity index (χ1n) is 7.21. The Hall–Kier alpha value is -1.45. The molecule has 0 unspecified atom stereocenters. The molecule has 114 valence electrons. The summed E-state index contributed by atoms with van der Waals surface area (Å²) in [5.74, 6) is 0. The van der Waals surface area contributed by atoms with Gasteiger partial charge in [0.1, 0.15) is 0 Å². The molecule has 1 aromatic heterocycles. The normalized spacial score (nSPS) is 9.52. The first-order valence-corrected chi connectivity index (χ1v) is 7.21. The van der Waals surface area contributed by atoms with Crippen molar-refractivity contribution in [1.29, 1.82) is 0 Å². The average molecular weight is 379 g/mol. The summed E-state index contributed by atoms with van der Waals surface area (Å²) in [6.07, 6.45) is 2.00. The number of aryl methyl sites for hydroxylation is 1. The van der Waals surface area contributed by atoms with Crippen molar-refractivity contribution < 1.29 is 32.7 Å². The van der Waals surface area contributed by atoms with Crippen LogP contribution in [0.15, 0.2) is 48.5 Å². The fourth-order valence-corrected chi connectivity index (χ4v) is 2.13. The molecule has 0 N–H and O–H groups in total. The average Bonchev–Trinajstić information content (AvgIpc) is 2.91.